The molecule has 1 aliphatic carbocycles. The van der Waals surface area contributed by atoms with Crippen LogP contribution < -0.4 is 5.32 Å². The molecule has 28 heavy (non-hydrogen) atoms. The van der Waals surface area contributed by atoms with Crippen molar-refractivity contribution >= 4 is 27.9 Å². The molecule has 1 aromatic carbocycles. The van der Waals surface area contributed by atoms with Crippen molar-refractivity contribution in [3.05, 3.63) is 48.9 Å². The number of pyridine rings is 1. The van der Waals surface area contributed by atoms with Gasteiger partial charge >= 0.3 is 0 Å². The van der Waals surface area contributed by atoms with Gasteiger partial charge in [-0.2, -0.15) is 4.98 Å². The van der Waals surface area contributed by atoms with E-state index in [-0.39, 0.29) is 0 Å². The summed E-state index contributed by atoms with van der Waals surface area (Å²) in [6.07, 6.45) is 10.5. The van der Waals surface area contributed by atoms with Gasteiger partial charge in [-0.3, -0.25) is 4.98 Å². The van der Waals surface area contributed by atoms with E-state index in [4.69, 9.17) is 9.72 Å². The van der Waals surface area contributed by atoms with Gasteiger partial charge in [-0.25, -0.2) is 4.98 Å². The third kappa shape index (κ3) is 3.20. The van der Waals surface area contributed by atoms with Crippen LogP contribution in [0, 0.1) is 0 Å². The van der Waals surface area contributed by atoms with Crippen LogP contribution >= 0.6 is 0 Å². The van der Waals surface area contributed by atoms with Crippen molar-refractivity contribution in [1.29, 1.82) is 0 Å². The Kier molecular flexibility index (Phi) is 4.41. The van der Waals surface area contributed by atoms with Crippen LogP contribution in [0.25, 0.3) is 33.1 Å². The summed E-state index contributed by atoms with van der Waals surface area (Å²) in [5.74, 6) is 0.685. The summed E-state index contributed by atoms with van der Waals surface area (Å²) < 4.78 is 5.45. The largest absolute Gasteiger partial charge is 0.381 e. The monoisotopic (exact) mass is 373 g/mol. The van der Waals surface area contributed by atoms with E-state index < -0.39 is 0 Å². The molecule has 1 fully saturated rings. The summed E-state index contributed by atoms with van der Waals surface area (Å²) in [6, 6.07) is 10.8. The van der Waals surface area contributed by atoms with E-state index in [1.54, 1.807) is 7.11 Å². The predicted octanol–water partition coefficient (Wildman–Crippen LogP) is 4.54. The van der Waals surface area contributed by atoms with E-state index in [2.05, 4.69) is 44.5 Å². The number of fused-ring (bicyclic) bond motifs is 2. The lowest BCUT2D eigenvalue weighted by Gasteiger charge is -2.28. The van der Waals surface area contributed by atoms with Gasteiger partial charge < -0.3 is 15.0 Å². The first-order chi connectivity index (χ1) is 13.8. The van der Waals surface area contributed by atoms with Crippen molar-refractivity contribution in [2.75, 3.05) is 12.4 Å². The summed E-state index contributed by atoms with van der Waals surface area (Å²) in [6.45, 7) is 0. The highest BCUT2D eigenvalue weighted by Gasteiger charge is 2.21. The van der Waals surface area contributed by atoms with E-state index in [9.17, 15) is 0 Å². The van der Waals surface area contributed by atoms with Gasteiger partial charge in [-0.05, 0) is 49.4 Å². The lowest BCUT2D eigenvalue weighted by atomic mass is 9.93. The number of hydrogen-bond acceptors (Lipinski definition) is 5. The maximum Gasteiger partial charge on any atom is 0.224 e. The van der Waals surface area contributed by atoms with Crippen molar-refractivity contribution in [2.45, 2.75) is 37.8 Å². The average Bonchev–Trinajstić information content (AvgIpc) is 3.17. The zero-order valence-corrected chi connectivity index (χ0v) is 15.9. The lowest BCUT2D eigenvalue weighted by molar-refractivity contribution is 0.0681. The van der Waals surface area contributed by atoms with Crippen LogP contribution in [0.2, 0.25) is 0 Å². The molecule has 0 aliphatic heterocycles. The Morgan fingerprint density at radius 2 is 2.00 bits per heavy atom. The van der Waals surface area contributed by atoms with Crippen LogP contribution in [-0.2, 0) is 4.74 Å². The summed E-state index contributed by atoms with van der Waals surface area (Å²) in [5.41, 5.74) is 4.09. The molecule has 0 bridgehead atoms. The Morgan fingerprint density at radius 1 is 1.11 bits per heavy atom. The van der Waals surface area contributed by atoms with Crippen LogP contribution in [0.4, 0.5) is 5.95 Å². The molecule has 4 aromatic rings. The molecule has 5 rings (SSSR count). The summed E-state index contributed by atoms with van der Waals surface area (Å²) in [4.78, 5) is 17.0. The summed E-state index contributed by atoms with van der Waals surface area (Å²) in [5, 5.41) is 5.63. The number of hydrogen-bond donors (Lipinski definition) is 2. The van der Waals surface area contributed by atoms with Crippen LogP contribution in [0.5, 0.6) is 0 Å². The van der Waals surface area contributed by atoms with Gasteiger partial charge in [0, 0.05) is 48.1 Å². The van der Waals surface area contributed by atoms with E-state index in [1.165, 1.54) is 0 Å². The van der Waals surface area contributed by atoms with Gasteiger partial charge in [0.2, 0.25) is 5.95 Å². The minimum atomic E-state index is 0.393. The number of benzene rings is 1. The van der Waals surface area contributed by atoms with Crippen molar-refractivity contribution in [3.63, 3.8) is 0 Å². The summed E-state index contributed by atoms with van der Waals surface area (Å²) in [7, 11) is 1.80. The predicted molar refractivity (Wildman–Crippen MR) is 111 cm³/mol. The number of nitrogens with one attached hydrogen (secondary N) is 2. The molecular weight excluding hydrogens is 350 g/mol. The maximum absolute atomic E-state index is 5.45. The van der Waals surface area contributed by atoms with Gasteiger partial charge in [0.1, 0.15) is 5.65 Å². The first-order valence-electron chi connectivity index (χ1n) is 9.79. The van der Waals surface area contributed by atoms with Crippen LogP contribution in [-0.4, -0.2) is 39.2 Å². The maximum atomic E-state index is 5.45. The molecule has 1 saturated carbocycles. The molecule has 6 nitrogen and oxygen atoms in total. The lowest BCUT2D eigenvalue weighted by Crippen LogP contribution is -2.29. The third-order valence-corrected chi connectivity index (χ3v) is 5.69. The number of aromatic amines is 1. The number of H-pyrrole nitrogens is 1. The van der Waals surface area contributed by atoms with Crippen LogP contribution in [0.15, 0.2) is 48.9 Å². The Balaban J connectivity index is 1.40. The minimum absolute atomic E-state index is 0.393. The van der Waals surface area contributed by atoms with E-state index in [0.717, 1.165) is 58.7 Å². The number of rotatable bonds is 4. The Bertz CT molecular complexity index is 1110. The molecule has 1 aliphatic rings. The van der Waals surface area contributed by atoms with Gasteiger partial charge in [0.05, 0.1) is 11.6 Å². The fourth-order valence-electron chi connectivity index (χ4n) is 4.08. The average molecular weight is 373 g/mol. The van der Waals surface area contributed by atoms with Gasteiger partial charge in [0.25, 0.3) is 0 Å². The zero-order valence-electron chi connectivity index (χ0n) is 15.9. The highest BCUT2D eigenvalue weighted by molar-refractivity contribution is 5.96. The Morgan fingerprint density at radius 3 is 2.86 bits per heavy atom. The minimum Gasteiger partial charge on any atom is -0.381 e. The van der Waals surface area contributed by atoms with E-state index >= 15 is 0 Å². The molecular formula is C22H23N5O. The molecule has 0 spiro atoms. The van der Waals surface area contributed by atoms with Crippen molar-refractivity contribution in [2.24, 2.45) is 0 Å². The molecule has 3 aromatic heterocycles. The normalized spacial score (nSPS) is 19.9. The fraction of sp³-hybridized carbons (Fsp3) is 0.318. The molecule has 3 heterocycles. The fourth-order valence-corrected chi connectivity index (χ4v) is 4.08. The van der Waals surface area contributed by atoms with Gasteiger partial charge in [-0.1, -0.05) is 12.1 Å². The number of methoxy groups -OCH3 is 1. The van der Waals surface area contributed by atoms with E-state index in [1.807, 2.05) is 24.7 Å². The quantitative estimate of drug-likeness (QED) is 0.549. The molecule has 0 unspecified atom stereocenters. The van der Waals surface area contributed by atoms with Crippen molar-refractivity contribution in [1.82, 2.24) is 19.9 Å². The first-order valence-corrected chi connectivity index (χ1v) is 9.79. The molecule has 2 N–H and O–H groups in total. The zero-order chi connectivity index (χ0) is 18.9. The molecule has 0 saturated heterocycles. The van der Waals surface area contributed by atoms with E-state index in [0.29, 0.717) is 18.1 Å². The second-order valence-corrected chi connectivity index (χ2v) is 7.42. The second kappa shape index (κ2) is 7.20. The van der Waals surface area contributed by atoms with Gasteiger partial charge in [0.15, 0.2) is 0 Å². The molecule has 142 valence electrons. The van der Waals surface area contributed by atoms with Crippen LogP contribution in [0.3, 0.4) is 0 Å². The Hall–Kier alpha value is -2.99. The number of ether oxygens (including phenoxy) is 1. The highest BCUT2D eigenvalue weighted by atomic mass is 16.5. The third-order valence-electron chi connectivity index (χ3n) is 5.69. The number of anilines is 1. The highest BCUT2D eigenvalue weighted by Crippen LogP contribution is 2.30. The topological polar surface area (TPSA) is 75.7 Å². The van der Waals surface area contributed by atoms with Crippen LogP contribution in [0.1, 0.15) is 25.7 Å². The molecule has 6 heteroatoms. The molecule has 0 amide bonds. The smallest absolute Gasteiger partial charge is 0.224 e. The van der Waals surface area contributed by atoms with Crippen molar-refractivity contribution < 1.29 is 4.74 Å². The number of aromatic nitrogens is 4. The first kappa shape index (κ1) is 17.1. The molecule has 0 atom stereocenters. The molecule has 0 radical (unpaired) electrons. The number of nitrogens with zero attached hydrogens (tertiary/aromatic N) is 3. The standard InChI is InChI=1S/C22H23N5O/c1-28-17-7-5-16(6-8-17)26-22-25-13-19-18(12-24-21(19)27-22)14-4-9-20-15(11-14)3-2-10-23-20/h2-4,9-13,16-17H,5-8H2,1H3,(H2,24,25,26,27). The van der Waals surface area contributed by atoms with Gasteiger partial charge in [-0.15, -0.1) is 0 Å². The SMILES string of the molecule is COC1CCC(Nc2ncc3c(-c4ccc5ncccc5c4)c[nH]c3n2)CC1. The Labute approximate surface area is 163 Å². The second-order valence-electron chi connectivity index (χ2n) is 7.42. The summed E-state index contributed by atoms with van der Waals surface area (Å²) >= 11 is 0. The van der Waals surface area contributed by atoms with Crippen molar-refractivity contribution in [3.8, 4) is 11.1 Å².